The van der Waals surface area contributed by atoms with Crippen molar-refractivity contribution in [3.05, 3.63) is 36.0 Å². The number of nitrogens with one attached hydrogen (secondary N) is 4. The van der Waals surface area contributed by atoms with Crippen LogP contribution in [-0.2, 0) is 30.4 Å². The zero-order chi connectivity index (χ0) is 27.4. The van der Waals surface area contributed by atoms with Crippen molar-refractivity contribution in [2.75, 3.05) is 13.1 Å². The van der Waals surface area contributed by atoms with Gasteiger partial charge in [0.15, 0.2) is 0 Å². The topological polar surface area (TPSA) is 230 Å². The summed E-state index contributed by atoms with van der Waals surface area (Å²) in [5.41, 5.74) is 12.8. The molecular weight excluding hydrogens is 484 g/mol. The molecule has 3 amide bonds. The van der Waals surface area contributed by atoms with Crippen LogP contribution in [0.3, 0.4) is 0 Å². The van der Waals surface area contributed by atoms with Crippen LogP contribution in [0.4, 0.5) is 0 Å². The number of unbranched alkanes of at least 4 members (excludes halogenated alkanes) is 1. The van der Waals surface area contributed by atoms with E-state index in [1.54, 1.807) is 6.20 Å². The average molecular weight is 519 g/mol. The maximum atomic E-state index is 13.0. The lowest BCUT2D eigenvalue weighted by molar-refractivity contribution is -0.142. The van der Waals surface area contributed by atoms with E-state index >= 15 is 0 Å². The highest BCUT2D eigenvalue weighted by Crippen LogP contribution is 2.19. The summed E-state index contributed by atoms with van der Waals surface area (Å²) in [6.07, 6.45) is 2.65. The van der Waals surface area contributed by atoms with Crippen LogP contribution in [0.15, 0.2) is 30.5 Å². The maximum Gasteiger partial charge on any atom is 0.326 e. The number of para-hydroxylation sites is 1. The van der Waals surface area contributed by atoms with Gasteiger partial charge in [-0.15, -0.1) is 0 Å². The number of aliphatic carboxylic acids is 2. The molecule has 1 aromatic heterocycles. The molecule has 0 aliphatic rings. The van der Waals surface area contributed by atoms with Gasteiger partial charge in [-0.05, 0) is 43.9 Å². The molecule has 1 heterocycles. The van der Waals surface area contributed by atoms with Gasteiger partial charge in [-0.25, -0.2) is 4.79 Å². The van der Waals surface area contributed by atoms with Crippen molar-refractivity contribution in [1.82, 2.24) is 20.9 Å². The molecule has 2 rings (SSSR count). The Kier molecular flexibility index (Phi) is 11.5. The average Bonchev–Trinajstić information content (AvgIpc) is 3.27. The number of carbonyl (C=O) groups is 5. The fraction of sp³-hybridized carbons (Fsp3) is 0.458. The Morgan fingerprint density at radius 2 is 1.68 bits per heavy atom. The first kappa shape index (κ1) is 29.3. The maximum absolute atomic E-state index is 13.0. The zero-order valence-corrected chi connectivity index (χ0v) is 20.4. The summed E-state index contributed by atoms with van der Waals surface area (Å²) in [4.78, 5) is 63.2. The van der Waals surface area contributed by atoms with Crippen molar-refractivity contribution in [1.29, 1.82) is 0 Å². The van der Waals surface area contributed by atoms with E-state index in [1.807, 2.05) is 24.3 Å². The van der Waals surface area contributed by atoms with Gasteiger partial charge in [-0.1, -0.05) is 18.2 Å². The number of carbonyl (C=O) groups excluding carboxylic acids is 3. The third-order valence-corrected chi connectivity index (χ3v) is 5.74. The molecule has 0 aliphatic heterocycles. The summed E-state index contributed by atoms with van der Waals surface area (Å²) >= 11 is 0. The molecular formula is C24H34N6O7. The monoisotopic (exact) mass is 518 g/mol. The lowest BCUT2D eigenvalue weighted by Gasteiger charge is -2.21. The van der Waals surface area contributed by atoms with Gasteiger partial charge in [0.25, 0.3) is 0 Å². The standard InChI is InChI=1S/C24H34N6O7/c25-10-4-3-7-18(24(36)37)29-20(31)13-28-23(35)19(30-22(34)16(26)8-9-21(32)33)11-14-12-27-17-6-2-1-5-15(14)17/h1-2,5-6,12,16,18-19,27H,3-4,7-11,13,25-26H2,(H,28,35)(H,29,31)(H,30,34)(H,32,33)(H,36,37). The van der Waals surface area contributed by atoms with Crippen molar-refractivity contribution in [3.8, 4) is 0 Å². The van der Waals surface area contributed by atoms with Gasteiger partial charge in [0, 0.05) is 29.9 Å². The van der Waals surface area contributed by atoms with E-state index in [1.165, 1.54) is 0 Å². The summed E-state index contributed by atoms with van der Waals surface area (Å²) < 4.78 is 0. The normalized spacial score (nSPS) is 13.4. The van der Waals surface area contributed by atoms with Gasteiger partial charge < -0.3 is 42.6 Å². The lowest BCUT2D eigenvalue weighted by atomic mass is 10.0. The summed E-state index contributed by atoms with van der Waals surface area (Å²) in [5, 5.41) is 26.3. The molecule has 0 bridgehead atoms. The molecule has 13 heteroatoms. The number of hydrogen-bond acceptors (Lipinski definition) is 7. The van der Waals surface area contributed by atoms with Gasteiger partial charge in [0.05, 0.1) is 12.6 Å². The number of fused-ring (bicyclic) bond motifs is 1. The van der Waals surface area contributed by atoms with E-state index in [0.29, 0.717) is 19.4 Å². The molecule has 2 aromatic rings. The number of aromatic nitrogens is 1. The van der Waals surface area contributed by atoms with Gasteiger partial charge in [0.1, 0.15) is 12.1 Å². The fourth-order valence-corrected chi connectivity index (χ4v) is 3.70. The van der Waals surface area contributed by atoms with Crippen LogP contribution in [0.5, 0.6) is 0 Å². The number of hydrogen-bond donors (Lipinski definition) is 8. The van der Waals surface area contributed by atoms with Crippen LogP contribution in [0, 0.1) is 0 Å². The van der Waals surface area contributed by atoms with Gasteiger partial charge in [-0.2, -0.15) is 0 Å². The van der Waals surface area contributed by atoms with Crippen molar-refractivity contribution >= 4 is 40.6 Å². The number of benzene rings is 1. The Bertz CT molecular complexity index is 1100. The van der Waals surface area contributed by atoms with Crippen LogP contribution < -0.4 is 27.4 Å². The number of carboxylic acids is 2. The van der Waals surface area contributed by atoms with Crippen LogP contribution in [-0.4, -0.2) is 76.1 Å². The first-order chi connectivity index (χ1) is 17.6. The molecule has 3 unspecified atom stereocenters. The number of nitrogens with two attached hydrogens (primary N) is 2. The zero-order valence-electron chi connectivity index (χ0n) is 20.4. The minimum Gasteiger partial charge on any atom is -0.481 e. The molecule has 37 heavy (non-hydrogen) atoms. The molecule has 0 spiro atoms. The minimum absolute atomic E-state index is 0.0612. The molecule has 0 radical (unpaired) electrons. The molecule has 13 nitrogen and oxygen atoms in total. The predicted molar refractivity (Wildman–Crippen MR) is 134 cm³/mol. The van der Waals surface area contributed by atoms with E-state index in [2.05, 4.69) is 20.9 Å². The second-order valence-electron chi connectivity index (χ2n) is 8.62. The second-order valence-corrected chi connectivity index (χ2v) is 8.62. The molecule has 0 aliphatic carbocycles. The minimum atomic E-state index is -1.20. The number of carboxylic acid groups (broad SMARTS) is 2. The Labute approximate surface area is 213 Å². The van der Waals surface area contributed by atoms with Crippen LogP contribution in [0.2, 0.25) is 0 Å². The molecule has 1 aromatic carbocycles. The summed E-state index contributed by atoms with van der Waals surface area (Å²) in [7, 11) is 0. The number of rotatable bonds is 16. The van der Waals surface area contributed by atoms with E-state index in [4.69, 9.17) is 16.6 Å². The number of aromatic amines is 1. The number of H-pyrrole nitrogens is 1. The Balaban J connectivity index is 2.07. The predicted octanol–water partition coefficient (Wildman–Crippen LogP) is -0.798. The molecule has 3 atom stereocenters. The molecule has 0 saturated carbocycles. The van der Waals surface area contributed by atoms with Crippen LogP contribution >= 0.6 is 0 Å². The van der Waals surface area contributed by atoms with Crippen molar-refractivity contribution in [3.63, 3.8) is 0 Å². The SMILES string of the molecule is NCCCCC(NC(=O)CNC(=O)C(Cc1c[nH]c2ccccc12)NC(=O)C(N)CCC(=O)O)C(=O)O. The molecule has 202 valence electrons. The van der Waals surface area contributed by atoms with E-state index < -0.39 is 54.3 Å². The summed E-state index contributed by atoms with van der Waals surface area (Å²) in [5.74, 6) is -4.41. The third kappa shape index (κ3) is 9.54. The molecule has 0 fully saturated rings. The first-order valence-electron chi connectivity index (χ1n) is 11.9. The van der Waals surface area contributed by atoms with E-state index in [9.17, 15) is 29.1 Å². The van der Waals surface area contributed by atoms with E-state index in [0.717, 1.165) is 16.5 Å². The van der Waals surface area contributed by atoms with Crippen molar-refractivity contribution in [2.45, 2.75) is 56.7 Å². The summed E-state index contributed by atoms with van der Waals surface area (Å²) in [6, 6.07) is 3.97. The van der Waals surface area contributed by atoms with Crippen molar-refractivity contribution < 1.29 is 34.2 Å². The second kappa shape index (κ2) is 14.6. The first-order valence-corrected chi connectivity index (χ1v) is 11.9. The molecule has 10 N–H and O–H groups in total. The van der Waals surface area contributed by atoms with Crippen molar-refractivity contribution in [2.24, 2.45) is 11.5 Å². The largest absolute Gasteiger partial charge is 0.481 e. The van der Waals surface area contributed by atoms with E-state index in [-0.39, 0.29) is 25.7 Å². The smallest absolute Gasteiger partial charge is 0.326 e. The lowest BCUT2D eigenvalue weighted by Crippen LogP contribution is -2.54. The Morgan fingerprint density at radius 3 is 2.35 bits per heavy atom. The van der Waals surface area contributed by atoms with Crippen LogP contribution in [0.1, 0.15) is 37.7 Å². The quantitative estimate of drug-likeness (QED) is 0.130. The highest BCUT2D eigenvalue weighted by molar-refractivity contribution is 5.93. The third-order valence-electron chi connectivity index (χ3n) is 5.74. The van der Waals surface area contributed by atoms with Gasteiger partial charge >= 0.3 is 11.9 Å². The Hall–Kier alpha value is -3.97. The number of amides is 3. The highest BCUT2D eigenvalue weighted by Gasteiger charge is 2.26. The molecule has 0 saturated heterocycles. The van der Waals surface area contributed by atoms with Gasteiger partial charge in [0.2, 0.25) is 17.7 Å². The fourth-order valence-electron chi connectivity index (χ4n) is 3.70. The summed E-state index contributed by atoms with van der Waals surface area (Å²) in [6.45, 7) is -0.106. The highest BCUT2D eigenvalue weighted by atomic mass is 16.4. The van der Waals surface area contributed by atoms with Gasteiger partial charge in [-0.3, -0.25) is 19.2 Å². The Morgan fingerprint density at radius 1 is 0.946 bits per heavy atom. The van der Waals surface area contributed by atoms with Crippen LogP contribution in [0.25, 0.3) is 10.9 Å².